The Bertz CT molecular complexity index is 469. The van der Waals surface area contributed by atoms with Crippen molar-refractivity contribution < 1.29 is 9.90 Å². The van der Waals surface area contributed by atoms with Crippen LogP contribution in [0.15, 0.2) is 6.33 Å². The molecule has 1 aromatic heterocycles. The highest BCUT2D eigenvalue weighted by Crippen LogP contribution is 2.26. The van der Waals surface area contributed by atoms with Crippen LogP contribution in [-0.2, 0) is 17.8 Å². The first kappa shape index (κ1) is 13.6. The third-order valence-corrected chi connectivity index (χ3v) is 4.38. The van der Waals surface area contributed by atoms with E-state index in [0.717, 1.165) is 24.2 Å². The minimum atomic E-state index is -0.176. The molecule has 1 aromatic rings. The van der Waals surface area contributed by atoms with Crippen LogP contribution in [-0.4, -0.2) is 51.1 Å². The number of imidazole rings is 1. The molecule has 1 unspecified atom stereocenters. The highest BCUT2D eigenvalue weighted by atomic mass is 16.3. The molecule has 0 aromatic carbocycles. The van der Waals surface area contributed by atoms with Crippen molar-refractivity contribution in [2.24, 2.45) is 0 Å². The number of fused-ring (bicyclic) bond motifs is 1. The standard InChI is InChI=1S/C14H22N4O2/c19-6-2-5-18(10-3-1-4-10)14(20)12-7-11-13(8-15-12)17-9-16-11/h9-10,12,15,19H,1-8H2,(H,16,17). The third kappa shape index (κ3) is 2.58. The topological polar surface area (TPSA) is 81.2 Å². The van der Waals surface area contributed by atoms with Gasteiger partial charge in [0.05, 0.1) is 23.8 Å². The van der Waals surface area contributed by atoms with Crippen molar-refractivity contribution in [3.8, 4) is 0 Å². The molecule has 2 heterocycles. The maximum absolute atomic E-state index is 12.7. The molecule has 0 bridgehead atoms. The van der Waals surface area contributed by atoms with E-state index in [2.05, 4.69) is 15.3 Å². The van der Waals surface area contributed by atoms with Crippen LogP contribution in [0.1, 0.15) is 37.1 Å². The quantitative estimate of drug-likeness (QED) is 0.718. The largest absolute Gasteiger partial charge is 0.396 e. The SMILES string of the molecule is O=C(C1Cc2nc[nH]c2CN1)N(CCCO)C1CCC1. The molecule has 2 aliphatic rings. The average molecular weight is 278 g/mol. The summed E-state index contributed by atoms with van der Waals surface area (Å²) in [5.74, 6) is 0.164. The number of amides is 1. The predicted molar refractivity (Wildman–Crippen MR) is 74.0 cm³/mol. The molecule has 1 amide bonds. The normalized spacial score (nSPS) is 22.1. The predicted octanol–water partition coefficient (Wildman–Crippen LogP) is 0.188. The molecular formula is C14H22N4O2. The Balaban J connectivity index is 1.66. The number of rotatable bonds is 5. The second-order valence-corrected chi connectivity index (χ2v) is 5.66. The Morgan fingerprint density at radius 2 is 2.35 bits per heavy atom. The van der Waals surface area contributed by atoms with Gasteiger partial charge in [0, 0.05) is 32.2 Å². The number of carbonyl (C=O) groups excluding carboxylic acids is 1. The van der Waals surface area contributed by atoms with Crippen LogP contribution in [0, 0.1) is 0 Å². The maximum Gasteiger partial charge on any atom is 0.240 e. The van der Waals surface area contributed by atoms with E-state index in [1.165, 1.54) is 6.42 Å². The van der Waals surface area contributed by atoms with Crippen molar-refractivity contribution in [2.75, 3.05) is 13.2 Å². The number of H-pyrrole nitrogens is 1. The van der Waals surface area contributed by atoms with Crippen LogP contribution in [0.5, 0.6) is 0 Å². The van der Waals surface area contributed by atoms with E-state index in [1.54, 1.807) is 6.33 Å². The van der Waals surface area contributed by atoms with Gasteiger partial charge in [0.2, 0.25) is 5.91 Å². The summed E-state index contributed by atoms with van der Waals surface area (Å²) in [6, 6.07) is 0.196. The number of carbonyl (C=O) groups is 1. The van der Waals surface area contributed by atoms with Gasteiger partial charge in [-0.05, 0) is 25.7 Å². The van der Waals surface area contributed by atoms with Crippen molar-refractivity contribution in [3.05, 3.63) is 17.7 Å². The lowest BCUT2D eigenvalue weighted by Gasteiger charge is -2.40. The minimum absolute atomic E-state index is 0.137. The molecule has 3 N–H and O–H groups in total. The molecule has 1 fully saturated rings. The molecule has 0 spiro atoms. The summed E-state index contributed by atoms with van der Waals surface area (Å²) in [5.41, 5.74) is 2.08. The summed E-state index contributed by atoms with van der Waals surface area (Å²) in [5, 5.41) is 12.3. The molecule has 0 saturated heterocycles. The molecule has 0 radical (unpaired) electrons. The molecule has 1 aliphatic heterocycles. The summed E-state index contributed by atoms with van der Waals surface area (Å²) < 4.78 is 0. The fourth-order valence-electron chi connectivity index (χ4n) is 2.96. The highest BCUT2D eigenvalue weighted by Gasteiger charge is 2.34. The van der Waals surface area contributed by atoms with Crippen molar-refractivity contribution in [2.45, 2.75) is 50.7 Å². The van der Waals surface area contributed by atoms with Gasteiger partial charge in [0.15, 0.2) is 0 Å². The van der Waals surface area contributed by atoms with Crippen molar-refractivity contribution >= 4 is 5.91 Å². The van der Waals surface area contributed by atoms with Crippen LogP contribution in [0.3, 0.4) is 0 Å². The Morgan fingerprint density at radius 3 is 3.05 bits per heavy atom. The fourth-order valence-corrected chi connectivity index (χ4v) is 2.96. The third-order valence-electron chi connectivity index (χ3n) is 4.38. The molecule has 110 valence electrons. The lowest BCUT2D eigenvalue weighted by molar-refractivity contribution is -0.138. The van der Waals surface area contributed by atoms with Gasteiger partial charge in [0.25, 0.3) is 0 Å². The number of aromatic amines is 1. The zero-order valence-corrected chi connectivity index (χ0v) is 11.6. The second-order valence-electron chi connectivity index (χ2n) is 5.66. The smallest absolute Gasteiger partial charge is 0.240 e. The van der Waals surface area contributed by atoms with E-state index in [1.807, 2.05) is 4.90 Å². The van der Waals surface area contributed by atoms with E-state index in [4.69, 9.17) is 5.11 Å². The minimum Gasteiger partial charge on any atom is -0.396 e. The van der Waals surface area contributed by atoms with Gasteiger partial charge in [-0.3, -0.25) is 10.1 Å². The molecule has 6 nitrogen and oxygen atoms in total. The Kier molecular flexibility index (Phi) is 4.03. The number of aromatic nitrogens is 2. The van der Waals surface area contributed by atoms with Gasteiger partial charge in [-0.25, -0.2) is 4.98 Å². The monoisotopic (exact) mass is 278 g/mol. The van der Waals surface area contributed by atoms with E-state index >= 15 is 0 Å². The summed E-state index contributed by atoms with van der Waals surface area (Å²) in [6.45, 7) is 1.47. The van der Waals surface area contributed by atoms with E-state index in [-0.39, 0.29) is 18.6 Å². The number of aliphatic hydroxyl groups excluding tert-OH is 1. The Morgan fingerprint density at radius 1 is 1.50 bits per heavy atom. The zero-order valence-electron chi connectivity index (χ0n) is 11.6. The number of nitrogens with one attached hydrogen (secondary N) is 2. The number of nitrogens with zero attached hydrogens (tertiary/aromatic N) is 2. The van der Waals surface area contributed by atoms with Crippen LogP contribution in [0.4, 0.5) is 0 Å². The van der Waals surface area contributed by atoms with Crippen molar-refractivity contribution in [1.29, 1.82) is 0 Å². The molecule has 1 atom stereocenters. The van der Waals surface area contributed by atoms with Crippen LogP contribution in [0.2, 0.25) is 0 Å². The first-order valence-corrected chi connectivity index (χ1v) is 7.45. The summed E-state index contributed by atoms with van der Waals surface area (Å²) in [4.78, 5) is 22.1. The first-order valence-electron chi connectivity index (χ1n) is 7.45. The van der Waals surface area contributed by atoms with Crippen molar-refractivity contribution in [1.82, 2.24) is 20.2 Å². The van der Waals surface area contributed by atoms with Gasteiger partial charge < -0.3 is 15.0 Å². The molecule has 3 rings (SSSR count). The summed E-state index contributed by atoms with van der Waals surface area (Å²) in [6.07, 6.45) is 6.39. The number of hydrogen-bond donors (Lipinski definition) is 3. The lowest BCUT2D eigenvalue weighted by Crippen LogP contribution is -2.54. The van der Waals surface area contributed by atoms with Crippen LogP contribution < -0.4 is 5.32 Å². The van der Waals surface area contributed by atoms with Gasteiger partial charge >= 0.3 is 0 Å². The van der Waals surface area contributed by atoms with Crippen LogP contribution in [0.25, 0.3) is 0 Å². The molecule has 6 heteroatoms. The molecule has 1 aliphatic carbocycles. The number of hydrogen-bond acceptors (Lipinski definition) is 4. The molecule has 20 heavy (non-hydrogen) atoms. The maximum atomic E-state index is 12.7. The first-order chi connectivity index (χ1) is 9.79. The van der Waals surface area contributed by atoms with Crippen molar-refractivity contribution in [3.63, 3.8) is 0 Å². The summed E-state index contributed by atoms with van der Waals surface area (Å²) in [7, 11) is 0. The highest BCUT2D eigenvalue weighted by molar-refractivity contribution is 5.83. The fraction of sp³-hybridized carbons (Fsp3) is 0.714. The van der Waals surface area contributed by atoms with Gasteiger partial charge in [-0.2, -0.15) is 0 Å². The van der Waals surface area contributed by atoms with Crippen LogP contribution >= 0.6 is 0 Å². The summed E-state index contributed by atoms with van der Waals surface area (Å²) >= 11 is 0. The van der Waals surface area contributed by atoms with Gasteiger partial charge in [-0.1, -0.05) is 0 Å². The zero-order chi connectivity index (χ0) is 13.9. The molecule has 1 saturated carbocycles. The average Bonchev–Trinajstić information content (AvgIpc) is 2.87. The lowest BCUT2D eigenvalue weighted by atomic mass is 9.90. The van der Waals surface area contributed by atoms with E-state index < -0.39 is 0 Å². The second kappa shape index (κ2) is 5.93. The van der Waals surface area contributed by atoms with Gasteiger partial charge in [-0.15, -0.1) is 0 Å². The Hall–Kier alpha value is -1.40. The molecular weight excluding hydrogens is 256 g/mol. The Labute approximate surface area is 118 Å². The van der Waals surface area contributed by atoms with E-state index in [0.29, 0.717) is 32.0 Å². The van der Waals surface area contributed by atoms with Gasteiger partial charge in [0.1, 0.15) is 0 Å². The van der Waals surface area contributed by atoms with E-state index in [9.17, 15) is 4.79 Å². The number of aliphatic hydroxyl groups is 1.